The van der Waals surface area contributed by atoms with Crippen molar-refractivity contribution in [1.29, 1.82) is 0 Å². The number of amides is 1. The van der Waals surface area contributed by atoms with E-state index in [4.69, 9.17) is 25.9 Å². The van der Waals surface area contributed by atoms with Crippen LogP contribution in [-0.2, 0) is 9.57 Å². The number of alkyl carbamates (subject to hydrolysis) is 1. The molecule has 1 amide bonds. The molecule has 1 aliphatic heterocycles. The van der Waals surface area contributed by atoms with E-state index in [0.29, 0.717) is 23.8 Å². The zero-order valence-corrected chi connectivity index (χ0v) is 16.6. The van der Waals surface area contributed by atoms with E-state index in [1.165, 1.54) is 0 Å². The fourth-order valence-electron chi connectivity index (χ4n) is 1.86. The lowest BCUT2D eigenvalue weighted by atomic mass is 10.2. The van der Waals surface area contributed by atoms with Crippen molar-refractivity contribution in [3.63, 3.8) is 0 Å². The van der Waals surface area contributed by atoms with Gasteiger partial charge in [-0.1, -0.05) is 16.8 Å². The molecule has 0 saturated carbocycles. The molecule has 9 heteroatoms. The number of oxime groups is 1. The molecule has 0 aromatic carbocycles. The molecule has 24 heavy (non-hydrogen) atoms. The highest BCUT2D eigenvalue weighted by molar-refractivity contribution is 14.1. The Morgan fingerprint density at radius 1 is 1.54 bits per heavy atom. The monoisotopic (exact) mass is 467 g/mol. The lowest BCUT2D eigenvalue weighted by Gasteiger charge is -2.19. The predicted octanol–water partition coefficient (Wildman–Crippen LogP) is 3.39. The summed E-state index contributed by atoms with van der Waals surface area (Å²) >= 11 is 7.97. The molecular weight excluding hydrogens is 449 g/mol. The Hall–Kier alpha value is -1.29. The van der Waals surface area contributed by atoms with Gasteiger partial charge in [-0.15, -0.1) is 0 Å². The molecule has 1 aliphatic rings. The number of aromatic nitrogens is 1. The van der Waals surface area contributed by atoms with E-state index in [1.54, 1.807) is 12.3 Å². The smallest absolute Gasteiger partial charge is 0.407 e. The molecule has 2 rings (SSSR count). The number of hydrogen-bond donors (Lipinski definition) is 1. The van der Waals surface area contributed by atoms with Gasteiger partial charge in [0.1, 0.15) is 15.9 Å². The van der Waals surface area contributed by atoms with Crippen LogP contribution in [0.1, 0.15) is 27.2 Å². The summed E-state index contributed by atoms with van der Waals surface area (Å²) in [6, 6.07) is 1.71. The largest absolute Gasteiger partial charge is 0.487 e. The quantitative estimate of drug-likeness (QED) is 0.530. The SMILES string of the molecule is CC(C)(C)OC(=O)NCC1=NOC(COc2cc(Cl)cnc2I)C1. The fraction of sp³-hybridized carbons (Fsp3) is 0.533. The average molecular weight is 468 g/mol. The summed E-state index contributed by atoms with van der Waals surface area (Å²) in [4.78, 5) is 21.0. The first-order valence-corrected chi connectivity index (χ1v) is 8.81. The minimum atomic E-state index is -0.531. The van der Waals surface area contributed by atoms with Crippen molar-refractivity contribution in [2.75, 3.05) is 13.2 Å². The number of carbonyl (C=O) groups is 1. The van der Waals surface area contributed by atoms with Crippen LogP contribution in [0, 0.1) is 3.70 Å². The highest BCUT2D eigenvalue weighted by Gasteiger charge is 2.23. The van der Waals surface area contributed by atoms with Crippen LogP contribution in [0.2, 0.25) is 5.02 Å². The molecule has 2 heterocycles. The van der Waals surface area contributed by atoms with E-state index in [-0.39, 0.29) is 12.6 Å². The van der Waals surface area contributed by atoms with Gasteiger partial charge in [0.15, 0.2) is 11.9 Å². The van der Waals surface area contributed by atoms with Gasteiger partial charge in [0.2, 0.25) is 0 Å². The standard InChI is InChI=1S/C15H19ClIN3O4/c1-15(2,3)23-14(21)19-7-10-5-11(24-20-10)8-22-12-4-9(16)6-18-13(12)17/h4,6,11H,5,7-8H2,1-3H3,(H,19,21). The molecule has 0 saturated heterocycles. The van der Waals surface area contributed by atoms with E-state index < -0.39 is 11.7 Å². The lowest BCUT2D eigenvalue weighted by Crippen LogP contribution is -2.35. The van der Waals surface area contributed by atoms with Gasteiger partial charge in [-0.25, -0.2) is 9.78 Å². The summed E-state index contributed by atoms with van der Waals surface area (Å²) in [7, 11) is 0. The van der Waals surface area contributed by atoms with Gasteiger partial charge in [0.25, 0.3) is 0 Å². The number of carbonyl (C=O) groups excluding carboxylic acids is 1. The molecule has 1 atom stereocenters. The first kappa shape index (κ1) is 19.0. The van der Waals surface area contributed by atoms with Crippen molar-refractivity contribution < 1.29 is 19.1 Å². The number of nitrogens with zero attached hydrogens (tertiary/aromatic N) is 2. The molecule has 0 spiro atoms. The van der Waals surface area contributed by atoms with Crippen molar-refractivity contribution in [3.8, 4) is 5.75 Å². The fourth-order valence-corrected chi connectivity index (χ4v) is 2.46. The number of rotatable bonds is 5. The summed E-state index contributed by atoms with van der Waals surface area (Å²) in [5, 5.41) is 7.12. The Labute approximate surface area is 159 Å². The Bertz CT molecular complexity index is 634. The van der Waals surface area contributed by atoms with E-state index in [1.807, 2.05) is 20.8 Å². The van der Waals surface area contributed by atoms with Crippen molar-refractivity contribution >= 4 is 46.0 Å². The minimum Gasteiger partial charge on any atom is -0.487 e. The van der Waals surface area contributed by atoms with Crippen LogP contribution in [0.15, 0.2) is 17.4 Å². The van der Waals surface area contributed by atoms with Crippen LogP contribution in [0.4, 0.5) is 4.79 Å². The van der Waals surface area contributed by atoms with Crippen LogP contribution in [0.5, 0.6) is 5.75 Å². The molecular formula is C15H19ClIN3O4. The molecule has 1 aromatic rings. The lowest BCUT2D eigenvalue weighted by molar-refractivity contribution is 0.0467. The van der Waals surface area contributed by atoms with Crippen molar-refractivity contribution in [1.82, 2.24) is 10.3 Å². The molecule has 132 valence electrons. The van der Waals surface area contributed by atoms with Crippen LogP contribution >= 0.6 is 34.2 Å². The average Bonchev–Trinajstić information content (AvgIpc) is 2.92. The second-order valence-electron chi connectivity index (χ2n) is 6.20. The Morgan fingerprint density at radius 2 is 2.29 bits per heavy atom. The van der Waals surface area contributed by atoms with Crippen molar-refractivity contribution in [3.05, 3.63) is 21.0 Å². The first-order chi connectivity index (χ1) is 11.2. The molecule has 1 aromatic heterocycles. The third kappa shape index (κ3) is 6.31. The molecule has 0 bridgehead atoms. The summed E-state index contributed by atoms with van der Waals surface area (Å²) in [6.45, 7) is 6.02. The molecule has 7 nitrogen and oxygen atoms in total. The minimum absolute atomic E-state index is 0.213. The van der Waals surface area contributed by atoms with Gasteiger partial charge in [-0.2, -0.15) is 0 Å². The van der Waals surface area contributed by atoms with E-state index in [2.05, 4.69) is 38.0 Å². The van der Waals surface area contributed by atoms with Gasteiger partial charge in [-0.05, 0) is 43.4 Å². The van der Waals surface area contributed by atoms with Gasteiger partial charge in [-0.3, -0.25) is 0 Å². The number of ether oxygens (including phenoxy) is 2. The Morgan fingerprint density at radius 3 is 3.00 bits per heavy atom. The molecule has 1 unspecified atom stereocenters. The molecule has 1 N–H and O–H groups in total. The normalized spacial score (nSPS) is 17.0. The van der Waals surface area contributed by atoms with E-state index >= 15 is 0 Å². The highest BCUT2D eigenvalue weighted by atomic mass is 127. The molecule has 0 fully saturated rings. The van der Waals surface area contributed by atoms with Gasteiger partial charge in [0.05, 0.1) is 17.3 Å². The summed E-state index contributed by atoms with van der Waals surface area (Å²) in [5.41, 5.74) is 0.199. The first-order valence-electron chi connectivity index (χ1n) is 7.35. The van der Waals surface area contributed by atoms with Crippen molar-refractivity contribution in [2.24, 2.45) is 5.16 Å². The number of hydrogen-bond acceptors (Lipinski definition) is 6. The zero-order valence-electron chi connectivity index (χ0n) is 13.6. The third-order valence-corrected chi connectivity index (χ3v) is 3.84. The van der Waals surface area contributed by atoms with Gasteiger partial charge < -0.3 is 19.6 Å². The maximum Gasteiger partial charge on any atom is 0.407 e. The zero-order chi connectivity index (χ0) is 17.7. The summed E-state index contributed by atoms with van der Waals surface area (Å²) in [5.74, 6) is 0.604. The number of halogens is 2. The topological polar surface area (TPSA) is 82.0 Å². The summed E-state index contributed by atoms with van der Waals surface area (Å²) < 4.78 is 11.6. The van der Waals surface area contributed by atoms with E-state index in [0.717, 1.165) is 9.41 Å². The van der Waals surface area contributed by atoms with E-state index in [9.17, 15) is 4.79 Å². The highest BCUT2D eigenvalue weighted by Crippen LogP contribution is 2.23. The van der Waals surface area contributed by atoms with Crippen LogP contribution in [-0.4, -0.2) is 41.6 Å². The number of pyridine rings is 1. The second kappa shape index (κ2) is 8.19. The van der Waals surface area contributed by atoms with Crippen molar-refractivity contribution in [2.45, 2.75) is 38.9 Å². The maximum atomic E-state index is 11.6. The molecule has 0 aliphatic carbocycles. The van der Waals surface area contributed by atoms with Gasteiger partial charge >= 0.3 is 6.09 Å². The van der Waals surface area contributed by atoms with Crippen LogP contribution < -0.4 is 10.1 Å². The Kier molecular flexibility index (Phi) is 6.50. The number of nitrogens with one attached hydrogen (secondary N) is 1. The second-order valence-corrected chi connectivity index (χ2v) is 7.66. The maximum absolute atomic E-state index is 11.6. The summed E-state index contributed by atoms with van der Waals surface area (Å²) in [6.07, 6.45) is 1.44. The predicted molar refractivity (Wildman–Crippen MR) is 98.6 cm³/mol. The van der Waals surface area contributed by atoms with Gasteiger partial charge in [0, 0.05) is 18.7 Å². The molecule has 0 radical (unpaired) electrons. The third-order valence-electron chi connectivity index (χ3n) is 2.83. The Balaban J connectivity index is 1.73. The van der Waals surface area contributed by atoms with Crippen LogP contribution in [0.3, 0.4) is 0 Å². The van der Waals surface area contributed by atoms with Crippen LogP contribution in [0.25, 0.3) is 0 Å².